The first-order valence-electron chi connectivity index (χ1n) is 5.58. The van der Waals surface area contributed by atoms with E-state index in [9.17, 15) is 5.11 Å². The fraction of sp³-hybridized carbons (Fsp3) is 0.667. The van der Waals surface area contributed by atoms with E-state index in [1.807, 2.05) is 6.07 Å². The third-order valence-corrected chi connectivity index (χ3v) is 3.74. The number of furan rings is 1. The molecule has 0 radical (unpaired) electrons. The van der Waals surface area contributed by atoms with Crippen molar-refractivity contribution in [3.05, 3.63) is 24.2 Å². The quantitative estimate of drug-likeness (QED) is 0.801. The summed E-state index contributed by atoms with van der Waals surface area (Å²) in [5.41, 5.74) is 6.57. The van der Waals surface area contributed by atoms with E-state index in [4.69, 9.17) is 10.2 Å². The van der Waals surface area contributed by atoms with Crippen LogP contribution in [-0.2, 0) is 0 Å². The topological polar surface area (TPSA) is 59.4 Å². The highest BCUT2D eigenvalue weighted by molar-refractivity contribution is 5.14. The summed E-state index contributed by atoms with van der Waals surface area (Å²) in [7, 11) is 0. The third-order valence-electron chi connectivity index (χ3n) is 3.74. The maximum atomic E-state index is 10.3. The minimum atomic E-state index is -0.480. The second-order valence-corrected chi connectivity index (χ2v) is 4.87. The molecule has 2 rings (SSSR count). The molecule has 1 fully saturated rings. The van der Waals surface area contributed by atoms with E-state index in [-0.39, 0.29) is 5.41 Å². The van der Waals surface area contributed by atoms with Crippen LogP contribution in [0.5, 0.6) is 0 Å². The maximum absolute atomic E-state index is 10.3. The van der Waals surface area contributed by atoms with Gasteiger partial charge < -0.3 is 15.3 Å². The normalized spacial score (nSPS) is 33.1. The van der Waals surface area contributed by atoms with Gasteiger partial charge in [0, 0.05) is 17.5 Å². The van der Waals surface area contributed by atoms with Crippen molar-refractivity contribution in [1.29, 1.82) is 0 Å². The average Bonchev–Trinajstić information content (AvgIpc) is 2.86. The highest BCUT2D eigenvalue weighted by atomic mass is 16.3. The van der Waals surface area contributed by atoms with Crippen molar-refractivity contribution in [1.82, 2.24) is 0 Å². The van der Waals surface area contributed by atoms with E-state index in [2.05, 4.69) is 6.92 Å². The Balaban J connectivity index is 2.20. The van der Waals surface area contributed by atoms with Gasteiger partial charge in [0.2, 0.25) is 0 Å². The predicted molar refractivity (Wildman–Crippen MR) is 58.2 cm³/mol. The Kier molecular flexibility index (Phi) is 2.85. The van der Waals surface area contributed by atoms with Gasteiger partial charge in [-0.2, -0.15) is 0 Å². The molecule has 1 aromatic rings. The molecule has 1 aliphatic rings. The molecule has 0 saturated heterocycles. The SMILES string of the molecule is CC1CCC(CN)(C(O)c2ccoc2)C1. The molecule has 1 saturated carbocycles. The smallest absolute Gasteiger partial charge is 0.0960 e. The van der Waals surface area contributed by atoms with Crippen molar-refractivity contribution in [2.75, 3.05) is 6.54 Å². The molecule has 3 N–H and O–H groups in total. The van der Waals surface area contributed by atoms with E-state index < -0.39 is 6.10 Å². The van der Waals surface area contributed by atoms with Crippen molar-refractivity contribution in [3.8, 4) is 0 Å². The molecule has 3 heteroatoms. The first-order valence-corrected chi connectivity index (χ1v) is 5.58. The number of hydrogen-bond donors (Lipinski definition) is 2. The van der Waals surface area contributed by atoms with Crippen LogP contribution in [0, 0.1) is 11.3 Å². The Morgan fingerprint density at radius 3 is 3.00 bits per heavy atom. The van der Waals surface area contributed by atoms with Crippen LogP contribution >= 0.6 is 0 Å². The van der Waals surface area contributed by atoms with Gasteiger partial charge in [0.15, 0.2) is 0 Å². The summed E-state index contributed by atoms with van der Waals surface area (Å²) in [5, 5.41) is 10.3. The van der Waals surface area contributed by atoms with Gasteiger partial charge in [0.1, 0.15) is 0 Å². The zero-order valence-electron chi connectivity index (χ0n) is 9.15. The summed E-state index contributed by atoms with van der Waals surface area (Å²) in [6.07, 6.45) is 5.91. The van der Waals surface area contributed by atoms with Crippen molar-refractivity contribution in [3.63, 3.8) is 0 Å². The molecule has 0 aromatic carbocycles. The molecule has 0 aliphatic heterocycles. The number of rotatable bonds is 3. The number of nitrogens with two attached hydrogens (primary N) is 1. The van der Waals surface area contributed by atoms with Crippen LogP contribution < -0.4 is 5.73 Å². The summed E-state index contributed by atoms with van der Waals surface area (Å²) >= 11 is 0. The van der Waals surface area contributed by atoms with Crippen LogP contribution in [0.15, 0.2) is 23.0 Å². The van der Waals surface area contributed by atoms with Gasteiger partial charge in [-0.1, -0.05) is 13.3 Å². The number of hydrogen-bond acceptors (Lipinski definition) is 3. The molecular formula is C12H19NO2. The summed E-state index contributed by atoms with van der Waals surface area (Å²) in [6, 6.07) is 1.82. The maximum Gasteiger partial charge on any atom is 0.0960 e. The Labute approximate surface area is 90.3 Å². The molecule has 0 amide bonds. The molecule has 1 heterocycles. The molecule has 0 bridgehead atoms. The Morgan fingerprint density at radius 1 is 1.73 bits per heavy atom. The molecule has 3 atom stereocenters. The molecule has 3 unspecified atom stereocenters. The average molecular weight is 209 g/mol. The standard InChI is InChI=1S/C12H19NO2/c1-9-2-4-12(6-9,8-13)11(14)10-3-5-15-7-10/h3,5,7,9,11,14H,2,4,6,8,13H2,1H3. The third kappa shape index (κ3) is 1.82. The lowest BCUT2D eigenvalue weighted by atomic mass is 9.77. The first kappa shape index (κ1) is 10.7. The second-order valence-electron chi connectivity index (χ2n) is 4.87. The molecular weight excluding hydrogens is 190 g/mol. The highest BCUT2D eigenvalue weighted by Crippen LogP contribution is 2.49. The summed E-state index contributed by atoms with van der Waals surface area (Å²) in [5.74, 6) is 0.662. The molecule has 1 aliphatic carbocycles. The van der Waals surface area contributed by atoms with Gasteiger partial charge in [-0.3, -0.25) is 0 Å². The summed E-state index contributed by atoms with van der Waals surface area (Å²) in [4.78, 5) is 0. The van der Waals surface area contributed by atoms with E-state index in [1.54, 1.807) is 12.5 Å². The minimum Gasteiger partial charge on any atom is -0.472 e. The highest BCUT2D eigenvalue weighted by Gasteiger charge is 2.43. The van der Waals surface area contributed by atoms with Gasteiger partial charge in [-0.05, 0) is 24.8 Å². The summed E-state index contributed by atoms with van der Waals surface area (Å²) in [6.45, 7) is 2.77. The predicted octanol–water partition coefficient (Wildman–Crippen LogP) is 2.08. The fourth-order valence-corrected chi connectivity index (χ4v) is 2.76. The van der Waals surface area contributed by atoms with E-state index in [0.717, 1.165) is 24.8 Å². The van der Waals surface area contributed by atoms with Crippen molar-refractivity contribution < 1.29 is 9.52 Å². The summed E-state index contributed by atoms with van der Waals surface area (Å²) < 4.78 is 5.01. The Bertz CT molecular complexity index is 309. The number of aliphatic hydroxyl groups excluding tert-OH is 1. The van der Waals surface area contributed by atoms with Crippen LogP contribution in [0.1, 0.15) is 37.9 Å². The van der Waals surface area contributed by atoms with Gasteiger partial charge in [-0.15, -0.1) is 0 Å². The van der Waals surface area contributed by atoms with Gasteiger partial charge in [0.05, 0.1) is 18.6 Å². The van der Waals surface area contributed by atoms with Crippen LogP contribution in [0.25, 0.3) is 0 Å². The zero-order valence-corrected chi connectivity index (χ0v) is 9.15. The number of aliphatic hydroxyl groups is 1. The Hall–Kier alpha value is -0.800. The fourth-order valence-electron chi connectivity index (χ4n) is 2.76. The molecule has 84 valence electrons. The molecule has 0 spiro atoms. The van der Waals surface area contributed by atoms with E-state index in [0.29, 0.717) is 12.5 Å². The lowest BCUT2D eigenvalue weighted by Crippen LogP contribution is -2.34. The Morgan fingerprint density at radius 2 is 2.53 bits per heavy atom. The minimum absolute atomic E-state index is 0.136. The van der Waals surface area contributed by atoms with E-state index >= 15 is 0 Å². The first-order chi connectivity index (χ1) is 7.18. The van der Waals surface area contributed by atoms with Crippen molar-refractivity contribution in [2.24, 2.45) is 17.1 Å². The monoisotopic (exact) mass is 209 g/mol. The van der Waals surface area contributed by atoms with Gasteiger partial charge >= 0.3 is 0 Å². The van der Waals surface area contributed by atoms with Crippen LogP contribution in [-0.4, -0.2) is 11.7 Å². The van der Waals surface area contributed by atoms with Gasteiger partial charge in [-0.25, -0.2) is 0 Å². The van der Waals surface area contributed by atoms with Gasteiger partial charge in [0.25, 0.3) is 0 Å². The van der Waals surface area contributed by atoms with Crippen LogP contribution in [0.4, 0.5) is 0 Å². The lowest BCUT2D eigenvalue weighted by Gasteiger charge is -2.32. The molecule has 1 aromatic heterocycles. The van der Waals surface area contributed by atoms with Crippen LogP contribution in [0.3, 0.4) is 0 Å². The van der Waals surface area contributed by atoms with Crippen molar-refractivity contribution in [2.45, 2.75) is 32.3 Å². The zero-order chi connectivity index (χ0) is 10.9. The second kappa shape index (κ2) is 3.99. The van der Waals surface area contributed by atoms with Crippen molar-refractivity contribution >= 4 is 0 Å². The molecule has 15 heavy (non-hydrogen) atoms. The van der Waals surface area contributed by atoms with E-state index in [1.165, 1.54) is 0 Å². The van der Waals surface area contributed by atoms with Crippen LogP contribution in [0.2, 0.25) is 0 Å². The molecule has 3 nitrogen and oxygen atoms in total. The lowest BCUT2D eigenvalue weighted by molar-refractivity contribution is 0.0303. The largest absolute Gasteiger partial charge is 0.472 e.